The van der Waals surface area contributed by atoms with Crippen molar-refractivity contribution >= 4 is 35.1 Å². The lowest BCUT2D eigenvalue weighted by molar-refractivity contribution is 0.0526. The fraction of sp³-hybridized carbons (Fsp3) is 0.143. The molecule has 0 fully saturated rings. The molecule has 148 valence electrons. The zero-order chi connectivity index (χ0) is 20.6. The Balaban J connectivity index is 1.79. The van der Waals surface area contributed by atoms with Crippen LogP contribution in [0.25, 0.3) is 0 Å². The summed E-state index contributed by atoms with van der Waals surface area (Å²) in [5.74, 6) is -0.0304. The first-order valence-corrected chi connectivity index (χ1v) is 8.92. The number of carbonyl (C=O) groups excluding carboxylic acids is 2. The van der Waals surface area contributed by atoms with Crippen LogP contribution >= 0.6 is 0 Å². The van der Waals surface area contributed by atoms with Gasteiger partial charge in [-0.05, 0) is 43.3 Å². The number of carbonyl (C=O) groups is 2. The van der Waals surface area contributed by atoms with Crippen LogP contribution in [0, 0.1) is 0 Å². The number of esters is 2. The van der Waals surface area contributed by atoms with Crippen LogP contribution in [-0.2, 0) is 9.47 Å². The van der Waals surface area contributed by atoms with Crippen LogP contribution in [0.3, 0.4) is 0 Å². The van der Waals surface area contributed by atoms with Crippen molar-refractivity contribution in [1.82, 2.24) is 9.97 Å². The molecule has 0 aliphatic heterocycles. The van der Waals surface area contributed by atoms with Gasteiger partial charge in [0.25, 0.3) is 0 Å². The molecule has 1 aromatic heterocycles. The zero-order valence-corrected chi connectivity index (χ0v) is 16.0. The third-order valence-corrected chi connectivity index (χ3v) is 3.88. The zero-order valence-electron chi connectivity index (χ0n) is 16.0. The molecule has 0 radical (unpaired) electrons. The second-order valence-electron chi connectivity index (χ2n) is 5.85. The number of rotatable bonds is 7. The first kappa shape index (κ1) is 19.8. The lowest BCUT2D eigenvalue weighted by atomic mass is 10.2. The number of hydrogen-bond donors (Lipinski definition) is 2. The maximum Gasteiger partial charge on any atom is 0.340 e. The van der Waals surface area contributed by atoms with Gasteiger partial charge in [-0.1, -0.05) is 18.2 Å². The smallest absolute Gasteiger partial charge is 0.340 e. The molecule has 0 atom stereocenters. The Hall–Kier alpha value is -3.94. The molecule has 3 rings (SSSR count). The summed E-state index contributed by atoms with van der Waals surface area (Å²) in [5, 5.41) is 6.16. The Kier molecular flexibility index (Phi) is 6.36. The SMILES string of the molecule is CCOC(=O)c1ccccc1Nc1ccnc(Nc2cccc(C(=O)OC)c2)n1. The van der Waals surface area contributed by atoms with Crippen LogP contribution in [0.15, 0.2) is 60.8 Å². The molecule has 0 spiro atoms. The molecular weight excluding hydrogens is 372 g/mol. The van der Waals surface area contributed by atoms with Gasteiger partial charge in [-0.2, -0.15) is 4.98 Å². The number of nitrogens with one attached hydrogen (secondary N) is 2. The van der Waals surface area contributed by atoms with Gasteiger partial charge in [0.05, 0.1) is 30.5 Å². The van der Waals surface area contributed by atoms with Crippen LogP contribution in [-0.4, -0.2) is 35.6 Å². The number of hydrogen-bond acceptors (Lipinski definition) is 8. The summed E-state index contributed by atoms with van der Waals surface area (Å²) in [6.45, 7) is 2.05. The molecule has 0 aliphatic rings. The maximum atomic E-state index is 12.1. The van der Waals surface area contributed by atoms with E-state index in [2.05, 4.69) is 20.6 Å². The molecule has 29 heavy (non-hydrogen) atoms. The second kappa shape index (κ2) is 9.32. The van der Waals surface area contributed by atoms with Gasteiger partial charge in [0.15, 0.2) is 0 Å². The van der Waals surface area contributed by atoms with Gasteiger partial charge >= 0.3 is 11.9 Å². The third kappa shape index (κ3) is 5.07. The van der Waals surface area contributed by atoms with Crippen molar-refractivity contribution < 1.29 is 19.1 Å². The van der Waals surface area contributed by atoms with Crippen LogP contribution in [0.2, 0.25) is 0 Å². The minimum Gasteiger partial charge on any atom is -0.465 e. The fourth-order valence-electron chi connectivity index (χ4n) is 2.58. The van der Waals surface area contributed by atoms with Gasteiger partial charge < -0.3 is 20.1 Å². The molecule has 2 aromatic carbocycles. The normalized spacial score (nSPS) is 10.1. The number of para-hydroxylation sites is 1. The number of ether oxygens (including phenoxy) is 2. The van der Waals surface area contributed by atoms with E-state index >= 15 is 0 Å². The molecule has 0 aliphatic carbocycles. The Morgan fingerprint density at radius 2 is 1.83 bits per heavy atom. The van der Waals surface area contributed by atoms with Crippen LogP contribution < -0.4 is 10.6 Å². The molecule has 0 unspecified atom stereocenters. The summed E-state index contributed by atoms with van der Waals surface area (Å²) >= 11 is 0. The van der Waals surface area contributed by atoms with Gasteiger partial charge in [-0.25, -0.2) is 14.6 Å². The third-order valence-electron chi connectivity index (χ3n) is 3.88. The van der Waals surface area contributed by atoms with Gasteiger partial charge in [-0.15, -0.1) is 0 Å². The molecule has 0 bridgehead atoms. The Labute approximate surface area is 167 Å². The first-order valence-electron chi connectivity index (χ1n) is 8.92. The van der Waals surface area contributed by atoms with Crippen LogP contribution in [0.5, 0.6) is 0 Å². The van der Waals surface area contributed by atoms with Crippen molar-refractivity contribution in [3.05, 3.63) is 71.9 Å². The molecule has 0 saturated carbocycles. The van der Waals surface area contributed by atoms with Crippen LogP contribution in [0.1, 0.15) is 27.6 Å². The van der Waals surface area contributed by atoms with E-state index in [9.17, 15) is 9.59 Å². The number of aromatic nitrogens is 2. The van der Waals surface area contributed by atoms with E-state index in [1.165, 1.54) is 7.11 Å². The summed E-state index contributed by atoms with van der Waals surface area (Å²) in [6.07, 6.45) is 1.58. The average Bonchev–Trinajstić information content (AvgIpc) is 2.74. The van der Waals surface area contributed by atoms with E-state index in [1.807, 2.05) is 6.07 Å². The number of benzene rings is 2. The second-order valence-corrected chi connectivity index (χ2v) is 5.85. The molecule has 0 amide bonds. The highest BCUT2D eigenvalue weighted by Crippen LogP contribution is 2.22. The van der Waals surface area contributed by atoms with E-state index < -0.39 is 11.9 Å². The summed E-state index contributed by atoms with van der Waals surface area (Å²) < 4.78 is 9.82. The minimum absolute atomic E-state index is 0.291. The molecule has 1 heterocycles. The van der Waals surface area contributed by atoms with Crippen molar-refractivity contribution in [1.29, 1.82) is 0 Å². The predicted octanol–water partition coefficient (Wildman–Crippen LogP) is 3.93. The highest BCUT2D eigenvalue weighted by molar-refractivity contribution is 5.96. The van der Waals surface area contributed by atoms with Crippen molar-refractivity contribution in [3.8, 4) is 0 Å². The number of nitrogens with zero attached hydrogens (tertiary/aromatic N) is 2. The Bertz CT molecular complexity index is 1020. The summed E-state index contributed by atoms with van der Waals surface area (Å²) in [4.78, 5) is 32.4. The maximum absolute atomic E-state index is 12.1. The number of methoxy groups -OCH3 is 1. The number of anilines is 4. The lowest BCUT2D eigenvalue weighted by Gasteiger charge is -2.12. The van der Waals surface area contributed by atoms with Gasteiger partial charge in [0.1, 0.15) is 5.82 Å². The lowest BCUT2D eigenvalue weighted by Crippen LogP contribution is -2.08. The topological polar surface area (TPSA) is 102 Å². The fourth-order valence-corrected chi connectivity index (χ4v) is 2.58. The molecule has 8 heteroatoms. The summed E-state index contributed by atoms with van der Waals surface area (Å²) in [5.41, 5.74) is 2.03. The van der Waals surface area contributed by atoms with Gasteiger partial charge in [-0.3, -0.25) is 0 Å². The Morgan fingerprint density at radius 1 is 1.00 bits per heavy atom. The van der Waals surface area contributed by atoms with Gasteiger partial charge in [0, 0.05) is 11.9 Å². The highest BCUT2D eigenvalue weighted by atomic mass is 16.5. The standard InChI is InChI=1S/C21H20N4O4/c1-3-29-20(27)16-9-4-5-10-17(16)24-18-11-12-22-21(25-18)23-15-8-6-7-14(13-15)19(26)28-2/h4-13H,3H2,1-2H3,(H2,22,23,24,25). The van der Waals surface area contributed by atoms with Crippen molar-refractivity contribution in [3.63, 3.8) is 0 Å². The molecule has 8 nitrogen and oxygen atoms in total. The molecule has 3 aromatic rings. The Morgan fingerprint density at radius 3 is 2.62 bits per heavy atom. The van der Waals surface area contributed by atoms with Crippen molar-refractivity contribution in [2.75, 3.05) is 24.4 Å². The minimum atomic E-state index is -0.430. The average molecular weight is 392 g/mol. The van der Waals surface area contributed by atoms with E-state index in [-0.39, 0.29) is 0 Å². The van der Waals surface area contributed by atoms with E-state index in [4.69, 9.17) is 9.47 Å². The molecule has 0 saturated heterocycles. The van der Waals surface area contributed by atoms with Gasteiger partial charge in [0.2, 0.25) is 5.95 Å². The van der Waals surface area contributed by atoms with Crippen molar-refractivity contribution in [2.24, 2.45) is 0 Å². The molecular formula is C21H20N4O4. The van der Waals surface area contributed by atoms with E-state index in [1.54, 1.807) is 61.7 Å². The molecule has 2 N–H and O–H groups in total. The predicted molar refractivity (Wildman–Crippen MR) is 109 cm³/mol. The van der Waals surface area contributed by atoms with Crippen LogP contribution in [0.4, 0.5) is 23.1 Å². The van der Waals surface area contributed by atoms with E-state index in [0.717, 1.165) is 0 Å². The summed E-state index contributed by atoms with van der Waals surface area (Å²) in [6, 6.07) is 15.5. The summed E-state index contributed by atoms with van der Waals surface area (Å²) in [7, 11) is 1.33. The largest absolute Gasteiger partial charge is 0.465 e. The first-order chi connectivity index (χ1) is 14.1. The quantitative estimate of drug-likeness (QED) is 0.583. The highest BCUT2D eigenvalue weighted by Gasteiger charge is 2.13. The monoisotopic (exact) mass is 392 g/mol. The van der Waals surface area contributed by atoms with E-state index in [0.29, 0.717) is 40.9 Å². The van der Waals surface area contributed by atoms with Crippen molar-refractivity contribution in [2.45, 2.75) is 6.92 Å².